The average Bonchev–Trinajstić information content (AvgIpc) is 3.25. The number of hydrogen-bond donors (Lipinski definition) is 1. The lowest BCUT2D eigenvalue weighted by Gasteiger charge is -2.56. The van der Waals surface area contributed by atoms with E-state index in [1.54, 1.807) is 11.8 Å². The van der Waals surface area contributed by atoms with Gasteiger partial charge in [-0.1, -0.05) is 5.16 Å². The number of aromatic nitrogens is 2. The smallest absolute Gasteiger partial charge is 0.410 e. The molecule has 4 aliphatic carbocycles. The molecular weight excluding hydrogens is 348 g/mol. The maximum atomic E-state index is 12.8. The van der Waals surface area contributed by atoms with Gasteiger partial charge in [-0.25, -0.2) is 4.79 Å². The van der Waals surface area contributed by atoms with Crippen molar-refractivity contribution >= 4 is 12.0 Å². The summed E-state index contributed by atoms with van der Waals surface area (Å²) < 4.78 is 11.3. The van der Waals surface area contributed by atoms with Crippen LogP contribution in [0.4, 0.5) is 4.79 Å². The fourth-order valence-electron chi connectivity index (χ4n) is 6.29. The van der Waals surface area contributed by atoms with Crippen molar-refractivity contribution in [3.05, 3.63) is 11.7 Å². The van der Waals surface area contributed by atoms with E-state index >= 15 is 0 Å². The third-order valence-corrected chi connectivity index (χ3v) is 7.27. The molecule has 2 N–H and O–H groups in total. The number of carbonyl (C=O) groups excluding carboxylic acids is 2. The Morgan fingerprint density at radius 1 is 1.15 bits per heavy atom. The van der Waals surface area contributed by atoms with Crippen LogP contribution in [-0.4, -0.2) is 46.2 Å². The quantitative estimate of drug-likeness (QED) is 0.864. The van der Waals surface area contributed by atoms with Gasteiger partial charge in [-0.2, -0.15) is 4.98 Å². The van der Waals surface area contributed by atoms with Crippen LogP contribution in [0, 0.1) is 36.5 Å². The molecule has 1 aromatic heterocycles. The van der Waals surface area contributed by atoms with E-state index in [0.29, 0.717) is 48.5 Å². The Balaban J connectivity index is 1.21. The fraction of sp³-hybridized carbons (Fsp3) is 0.789. The topological polar surface area (TPSA) is 112 Å². The lowest BCUT2D eigenvalue weighted by Crippen LogP contribution is -2.57. The molecule has 0 aromatic carbocycles. The van der Waals surface area contributed by atoms with Crippen LogP contribution in [0.15, 0.2) is 4.52 Å². The zero-order valence-electron chi connectivity index (χ0n) is 15.5. The molecule has 1 unspecified atom stereocenters. The highest BCUT2D eigenvalue weighted by Crippen LogP contribution is 2.57. The fourth-order valence-corrected chi connectivity index (χ4v) is 6.29. The second kappa shape index (κ2) is 6.21. The lowest BCUT2D eigenvalue weighted by atomic mass is 9.50. The van der Waals surface area contributed by atoms with E-state index < -0.39 is 0 Å². The third-order valence-electron chi connectivity index (χ3n) is 7.27. The van der Waals surface area contributed by atoms with Gasteiger partial charge in [0.15, 0.2) is 5.82 Å². The van der Waals surface area contributed by atoms with Crippen molar-refractivity contribution in [1.29, 1.82) is 0 Å². The molecule has 0 spiro atoms. The molecule has 1 aliphatic heterocycles. The van der Waals surface area contributed by atoms with E-state index in [0.717, 1.165) is 32.1 Å². The number of carbonyl (C=O) groups is 2. The summed E-state index contributed by atoms with van der Waals surface area (Å²) >= 11 is 0. The molecule has 1 saturated heterocycles. The highest BCUT2D eigenvalue weighted by atomic mass is 16.6. The van der Waals surface area contributed by atoms with Crippen molar-refractivity contribution in [2.24, 2.45) is 35.3 Å². The Hall–Kier alpha value is -2.12. The number of hydrogen-bond acceptors (Lipinski definition) is 6. The summed E-state index contributed by atoms with van der Waals surface area (Å²) in [7, 11) is 0. The molecule has 5 fully saturated rings. The number of ether oxygens (including phenoxy) is 1. The highest BCUT2D eigenvalue weighted by molar-refractivity contribution is 5.77. The summed E-state index contributed by atoms with van der Waals surface area (Å²) in [5, 5.41) is 3.84. The number of likely N-dealkylation sites (tertiary alicyclic amines) is 1. The van der Waals surface area contributed by atoms with E-state index in [9.17, 15) is 9.59 Å². The third kappa shape index (κ3) is 2.80. The molecule has 5 aliphatic rings. The Morgan fingerprint density at radius 2 is 1.81 bits per heavy atom. The van der Waals surface area contributed by atoms with Crippen molar-refractivity contribution < 1.29 is 18.8 Å². The SMILES string of the molecule is Cc1noc(C2CCN(C(=O)OC3C4CC5CC3CC(C4)C5C(N)=O)C2)n1. The summed E-state index contributed by atoms with van der Waals surface area (Å²) in [5.74, 6) is 2.74. The number of aryl methyl sites for hydroxylation is 1. The minimum atomic E-state index is -0.224. The van der Waals surface area contributed by atoms with Crippen LogP contribution in [0.2, 0.25) is 0 Å². The van der Waals surface area contributed by atoms with E-state index in [2.05, 4.69) is 10.1 Å². The molecule has 2 heterocycles. The van der Waals surface area contributed by atoms with Gasteiger partial charge in [0.25, 0.3) is 0 Å². The van der Waals surface area contributed by atoms with Gasteiger partial charge in [0, 0.05) is 19.0 Å². The summed E-state index contributed by atoms with van der Waals surface area (Å²) in [6.07, 6.45) is 4.43. The van der Waals surface area contributed by atoms with Crippen molar-refractivity contribution in [1.82, 2.24) is 15.0 Å². The molecule has 146 valence electrons. The van der Waals surface area contributed by atoms with Crippen LogP contribution in [0.3, 0.4) is 0 Å². The number of rotatable bonds is 3. The maximum absolute atomic E-state index is 12.8. The van der Waals surface area contributed by atoms with Crippen molar-refractivity contribution in [3.63, 3.8) is 0 Å². The Bertz CT molecular complexity index is 733. The predicted molar refractivity (Wildman–Crippen MR) is 93.3 cm³/mol. The predicted octanol–water partition coefficient (Wildman–Crippen LogP) is 1.84. The molecule has 4 bridgehead atoms. The first-order valence-electron chi connectivity index (χ1n) is 10.0. The Morgan fingerprint density at radius 3 is 2.37 bits per heavy atom. The zero-order valence-corrected chi connectivity index (χ0v) is 15.5. The summed E-state index contributed by atoms with van der Waals surface area (Å²) in [5.41, 5.74) is 5.63. The lowest BCUT2D eigenvalue weighted by molar-refractivity contribution is -0.151. The van der Waals surface area contributed by atoms with Crippen molar-refractivity contribution in [2.75, 3.05) is 13.1 Å². The second-order valence-electron chi connectivity index (χ2n) is 8.87. The van der Waals surface area contributed by atoms with E-state index in [1.807, 2.05) is 0 Å². The first-order valence-corrected chi connectivity index (χ1v) is 10.0. The van der Waals surface area contributed by atoms with Gasteiger partial charge >= 0.3 is 6.09 Å². The standard InChI is InChI=1S/C19H26N4O4/c1-9-21-18(27-22-9)10-2-3-23(8-10)19(25)26-16-13-4-11-5-14(16)7-12(6-13)15(11)17(20)24/h10-16H,2-8H2,1H3,(H2,20,24). The van der Waals surface area contributed by atoms with Crippen LogP contribution in [0.5, 0.6) is 0 Å². The van der Waals surface area contributed by atoms with Crippen LogP contribution in [-0.2, 0) is 9.53 Å². The first-order chi connectivity index (χ1) is 13.0. The van der Waals surface area contributed by atoms with Gasteiger partial charge in [-0.3, -0.25) is 4.79 Å². The molecule has 27 heavy (non-hydrogen) atoms. The van der Waals surface area contributed by atoms with Crippen LogP contribution in [0.1, 0.15) is 49.7 Å². The molecule has 1 atom stereocenters. The monoisotopic (exact) mass is 374 g/mol. The van der Waals surface area contributed by atoms with Gasteiger partial charge in [-0.15, -0.1) is 0 Å². The minimum absolute atomic E-state index is 0.0106. The molecule has 4 saturated carbocycles. The molecular formula is C19H26N4O4. The van der Waals surface area contributed by atoms with Gasteiger partial charge in [-0.05, 0) is 62.7 Å². The van der Waals surface area contributed by atoms with Crippen LogP contribution in [0.25, 0.3) is 0 Å². The number of nitrogens with zero attached hydrogens (tertiary/aromatic N) is 3. The number of nitrogens with two attached hydrogens (primary N) is 1. The van der Waals surface area contributed by atoms with Crippen molar-refractivity contribution in [3.8, 4) is 0 Å². The van der Waals surface area contributed by atoms with E-state index in [4.69, 9.17) is 15.0 Å². The summed E-state index contributed by atoms with van der Waals surface area (Å²) in [6, 6.07) is 0. The molecule has 6 rings (SSSR count). The number of amides is 2. The summed E-state index contributed by atoms with van der Waals surface area (Å²) in [6.45, 7) is 3.02. The Kier molecular flexibility index (Phi) is 3.91. The largest absolute Gasteiger partial charge is 0.446 e. The van der Waals surface area contributed by atoms with Crippen LogP contribution < -0.4 is 5.73 Å². The number of primary amides is 1. The van der Waals surface area contributed by atoms with Crippen LogP contribution >= 0.6 is 0 Å². The van der Waals surface area contributed by atoms with E-state index in [-0.39, 0.29) is 29.9 Å². The van der Waals surface area contributed by atoms with E-state index in [1.165, 1.54) is 0 Å². The van der Waals surface area contributed by atoms with Gasteiger partial charge in [0.2, 0.25) is 11.8 Å². The first kappa shape index (κ1) is 17.0. The molecule has 0 radical (unpaired) electrons. The molecule has 8 nitrogen and oxygen atoms in total. The molecule has 1 aromatic rings. The van der Waals surface area contributed by atoms with Gasteiger partial charge in [0.05, 0.1) is 5.92 Å². The second-order valence-corrected chi connectivity index (χ2v) is 8.87. The maximum Gasteiger partial charge on any atom is 0.410 e. The average molecular weight is 374 g/mol. The highest BCUT2D eigenvalue weighted by Gasteiger charge is 2.56. The Labute approximate surface area is 157 Å². The molecule has 8 heteroatoms. The molecule has 2 amide bonds. The van der Waals surface area contributed by atoms with Gasteiger partial charge < -0.3 is 19.9 Å². The van der Waals surface area contributed by atoms with Gasteiger partial charge in [0.1, 0.15) is 6.10 Å². The summed E-state index contributed by atoms with van der Waals surface area (Å²) in [4.78, 5) is 30.6. The minimum Gasteiger partial charge on any atom is -0.446 e. The normalized spacial score (nSPS) is 39.7. The van der Waals surface area contributed by atoms with Crippen molar-refractivity contribution in [2.45, 2.75) is 51.0 Å². The zero-order chi connectivity index (χ0) is 18.7.